The minimum atomic E-state index is -3.70. The summed E-state index contributed by atoms with van der Waals surface area (Å²) in [6, 6.07) is 17.3. The van der Waals surface area contributed by atoms with Crippen LogP contribution in [0.1, 0.15) is 36.9 Å². The lowest BCUT2D eigenvalue weighted by Gasteiger charge is -2.21. The van der Waals surface area contributed by atoms with Crippen molar-refractivity contribution in [3.8, 4) is 22.8 Å². The molecule has 3 aliphatic rings. The molecule has 2 aromatic carbocycles. The summed E-state index contributed by atoms with van der Waals surface area (Å²) in [5.74, 6) is -0.130. The monoisotopic (exact) mass is 558 g/mol. The van der Waals surface area contributed by atoms with Crippen molar-refractivity contribution in [2.24, 2.45) is 0 Å². The molecule has 1 aliphatic carbocycles. The number of pyridine rings is 1. The number of fused-ring (bicyclic) bond motifs is 1. The summed E-state index contributed by atoms with van der Waals surface area (Å²) in [5.41, 5.74) is 2.04. The number of ether oxygens (including phenoxy) is 2. The number of nitrogens with zero attached hydrogens (tertiary/aromatic N) is 2. The molecule has 2 aliphatic heterocycles. The molecule has 0 bridgehead atoms. The maximum absolute atomic E-state index is 13.4. The van der Waals surface area contributed by atoms with Crippen LogP contribution >= 0.6 is 0 Å². The van der Waals surface area contributed by atoms with Gasteiger partial charge in [-0.1, -0.05) is 24.3 Å². The third kappa shape index (κ3) is 5.19. The van der Waals surface area contributed by atoms with Crippen LogP contribution in [0.15, 0.2) is 65.6 Å². The fraction of sp³-hybridized carbons (Fsp3) is 0.357. The van der Waals surface area contributed by atoms with Gasteiger partial charge in [0.1, 0.15) is 16.8 Å². The Bertz CT molecular complexity index is 1410. The Balaban J connectivity index is 0.00000308. The first-order valence-corrected chi connectivity index (χ1v) is 13.7. The molecule has 3 aromatic rings. The number of aliphatic hydroxyl groups is 1. The van der Waals surface area contributed by atoms with Crippen molar-refractivity contribution in [2.75, 3.05) is 13.2 Å². The molecule has 1 saturated heterocycles. The van der Waals surface area contributed by atoms with E-state index in [2.05, 4.69) is 14.5 Å². The fourth-order valence-corrected chi connectivity index (χ4v) is 6.64. The highest BCUT2D eigenvalue weighted by Crippen LogP contribution is 2.52. The number of alkyl halides is 2. The molecule has 6 rings (SSSR count). The van der Waals surface area contributed by atoms with E-state index in [1.54, 1.807) is 24.3 Å². The van der Waals surface area contributed by atoms with E-state index < -0.39 is 22.7 Å². The predicted molar refractivity (Wildman–Crippen MR) is 139 cm³/mol. The van der Waals surface area contributed by atoms with Crippen LogP contribution < -0.4 is 9.47 Å². The lowest BCUT2D eigenvalue weighted by Crippen LogP contribution is -2.33. The third-order valence-corrected chi connectivity index (χ3v) is 9.07. The van der Waals surface area contributed by atoms with Crippen molar-refractivity contribution in [3.05, 3.63) is 71.9 Å². The number of halogens is 2. The molecular weight excluding hydrogens is 530 g/mol. The van der Waals surface area contributed by atoms with Gasteiger partial charge in [0, 0.05) is 30.3 Å². The fourth-order valence-electron chi connectivity index (χ4n) is 5.26. The van der Waals surface area contributed by atoms with Crippen LogP contribution in [0.5, 0.6) is 11.5 Å². The predicted octanol–water partition coefficient (Wildman–Crippen LogP) is 3.57. The van der Waals surface area contributed by atoms with Gasteiger partial charge in [-0.25, -0.2) is 8.51 Å². The summed E-state index contributed by atoms with van der Waals surface area (Å²) in [6.07, 6.45) is -0.575. The van der Waals surface area contributed by atoms with Gasteiger partial charge in [0.25, 0.3) is 0 Å². The van der Waals surface area contributed by atoms with Crippen molar-refractivity contribution in [1.29, 1.82) is 0 Å². The quantitative estimate of drug-likeness (QED) is 0.451. The van der Waals surface area contributed by atoms with Crippen LogP contribution in [0.25, 0.3) is 11.3 Å². The van der Waals surface area contributed by atoms with E-state index in [-0.39, 0.29) is 41.8 Å². The van der Waals surface area contributed by atoms with Crippen molar-refractivity contribution in [3.63, 3.8) is 0 Å². The molecule has 8 nitrogen and oxygen atoms in total. The average molecular weight is 559 g/mol. The standard InChI is InChI=1S/C28H26F2N2O5S.H2O/c29-28(30)36-24-11-8-19(15-25(24)37-28)27(12-13-27)26(34)16-20-3-1-5-23(31-20)18-6-9-22(10-7-18)38(35)32-14-2-4-21(32)17-33;/h1,3,5-11,15,21,33H,2,4,12-14,16-17H2;1H2/t21-,38?;/m1./s1. The second-order valence-electron chi connectivity index (χ2n) is 9.92. The largest absolute Gasteiger partial charge is 0.586 e. The first-order chi connectivity index (χ1) is 18.3. The Morgan fingerprint density at radius 2 is 1.82 bits per heavy atom. The van der Waals surface area contributed by atoms with Crippen LogP contribution in [0.4, 0.5) is 8.78 Å². The van der Waals surface area contributed by atoms with Crippen LogP contribution in [-0.4, -0.2) is 55.4 Å². The van der Waals surface area contributed by atoms with Crippen LogP contribution in [0, 0.1) is 0 Å². The van der Waals surface area contributed by atoms with E-state index in [0.29, 0.717) is 41.2 Å². The molecule has 3 N–H and O–H groups in total. The van der Waals surface area contributed by atoms with Crippen molar-refractivity contribution < 1.29 is 37.8 Å². The molecule has 2 fully saturated rings. The van der Waals surface area contributed by atoms with Crippen LogP contribution in [-0.2, 0) is 27.6 Å². The zero-order valence-electron chi connectivity index (χ0n) is 20.9. The lowest BCUT2D eigenvalue weighted by molar-refractivity contribution is -0.286. The van der Waals surface area contributed by atoms with Crippen molar-refractivity contribution in [1.82, 2.24) is 9.29 Å². The maximum atomic E-state index is 13.4. The Morgan fingerprint density at radius 3 is 2.54 bits per heavy atom. The van der Waals surface area contributed by atoms with E-state index in [4.69, 9.17) is 0 Å². The van der Waals surface area contributed by atoms with Crippen LogP contribution in [0.2, 0.25) is 0 Å². The van der Waals surface area contributed by atoms with Crippen molar-refractivity contribution >= 4 is 16.8 Å². The van der Waals surface area contributed by atoms with Gasteiger partial charge >= 0.3 is 6.29 Å². The number of rotatable bonds is 8. The molecule has 1 saturated carbocycles. The minimum Gasteiger partial charge on any atom is -0.412 e. The van der Waals surface area contributed by atoms with E-state index in [1.165, 1.54) is 12.1 Å². The molecule has 0 radical (unpaired) electrons. The SMILES string of the molecule is O.O=C(Cc1cccc(-c2ccc(S(=O)N3CCC[C@@H]3CO)cc2)n1)C1(c2ccc3c(c2)OC(F)(F)O3)CC1. The van der Waals surface area contributed by atoms with Gasteiger partial charge < -0.3 is 20.1 Å². The second-order valence-corrected chi connectivity index (χ2v) is 11.4. The Morgan fingerprint density at radius 1 is 1.08 bits per heavy atom. The van der Waals surface area contributed by atoms with E-state index >= 15 is 0 Å². The van der Waals surface area contributed by atoms with Gasteiger partial charge in [0.2, 0.25) is 0 Å². The molecule has 39 heavy (non-hydrogen) atoms. The minimum absolute atomic E-state index is 0. The summed E-state index contributed by atoms with van der Waals surface area (Å²) >= 11 is 0. The molecular formula is C28H28F2N2O6S. The Kier molecular flexibility index (Phi) is 7.27. The van der Waals surface area contributed by atoms with Gasteiger partial charge in [0.15, 0.2) is 11.5 Å². The highest BCUT2D eigenvalue weighted by Gasteiger charge is 2.52. The number of aliphatic hydroxyl groups excluding tert-OH is 1. The zero-order valence-corrected chi connectivity index (χ0v) is 21.8. The number of carbonyl (C=O) groups excluding carboxylic acids is 1. The van der Waals surface area contributed by atoms with Gasteiger partial charge in [-0.3, -0.25) is 9.78 Å². The molecule has 0 amide bonds. The number of benzene rings is 2. The Labute approximate surface area is 226 Å². The first kappa shape index (κ1) is 27.3. The molecule has 2 atom stereocenters. The number of carbonyl (C=O) groups is 1. The molecule has 3 heterocycles. The smallest absolute Gasteiger partial charge is 0.412 e. The summed E-state index contributed by atoms with van der Waals surface area (Å²) in [4.78, 5) is 18.7. The van der Waals surface area contributed by atoms with Gasteiger partial charge in [-0.2, -0.15) is 0 Å². The average Bonchev–Trinajstić information content (AvgIpc) is 3.48. The number of Topliss-reactive ketones (excluding diaryl/α,β-unsaturated/α-hetero) is 1. The zero-order chi connectivity index (χ0) is 26.5. The second kappa shape index (κ2) is 10.4. The van der Waals surface area contributed by atoms with E-state index in [1.807, 2.05) is 28.6 Å². The molecule has 11 heteroatoms. The number of aromatic nitrogens is 1. The molecule has 1 aromatic heterocycles. The van der Waals surface area contributed by atoms with Gasteiger partial charge in [0.05, 0.1) is 22.6 Å². The summed E-state index contributed by atoms with van der Waals surface area (Å²) in [7, 11) is -1.34. The highest BCUT2D eigenvalue weighted by molar-refractivity contribution is 7.82. The Hall–Kier alpha value is -3.25. The number of hydrogen-bond acceptors (Lipinski definition) is 6. The van der Waals surface area contributed by atoms with E-state index in [9.17, 15) is 22.9 Å². The summed E-state index contributed by atoms with van der Waals surface area (Å²) in [6.45, 7) is 0.683. The molecule has 0 spiro atoms. The maximum Gasteiger partial charge on any atom is 0.586 e. The molecule has 1 unspecified atom stereocenters. The first-order valence-electron chi connectivity index (χ1n) is 12.6. The van der Waals surface area contributed by atoms with Crippen molar-refractivity contribution in [2.45, 2.75) is 54.8 Å². The third-order valence-electron chi connectivity index (χ3n) is 7.48. The normalized spacial score (nSPS) is 21.3. The lowest BCUT2D eigenvalue weighted by atomic mass is 9.88. The van der Waals surface area contributed by atoms with Gasteiger partial charge in [-0.15, -0.1) is 8.78 Å². The topological polar surface area (TPSA) is 120 Å². The van der Waals surface area contributed by atoms with Crippen LogP contribution in [0.3, 0.4) is 0 Å². The summed E-state index contributed by atoms with van der Waals surface area (Å²) < 4.78 is 50.7. The number of ketones is 1. The number of hydrogen-bond donors (Lipinski definition) is 1. The molecule has 206 valence electrons. The highest BCUT2D eigenvalue weighted by atomic mass is 32.2. The van der Waals surface area contributed by atoms with Gasteiger partial charge in [-0.05, 0) is 67.6 Å². The van der Waals surface area contributed by atoms with E-state index in [0.717, 1.165) is 18.4 Å². The summed E-state index contributed by atoms with van der Waals surface area (Å²) in [5, 5.41) is 9.54.